The quantitative estimate of drug-likeness (QED) is 0.103. The fourth-order valence-electron chi connectivity index (χ4n) is 9.55. The highest BCUT2D eigenvalue weighted by molar-refractivity contribution is 7.89. The summed E-state index contributed by atoms with van der Waals surface area (Å²) in [4.78, 5) is 42.8. The molecule has 3 amide bonds. The number of carbonyl (C=O) groups excluding carboxylic acids is 2. The van der Waals surface area contributed by atoms with Gasteiger partial charge < -0.3 is 39.6 Å². The van der Waals surface area contributed by atoms with E-state index < -0.39 is 40.0 Å². The zero-order valence-corrected chi connectivity index (χ0v) is 39.6. The third kappa shape index (κ3) is 11.1. The average molecular weight is 924 g/mol. The van der Waals surface area contributed by atoms with Crippen LogP contribution in [0.3, 0.4) is 0 Å². The number of carboxylic acid groups (broad SMARTS) is 1. The van der Waals surface area contributed by atoms with E-state index in [1.807, 2.05) is 49.9 Å². The number of piperidine rings is 1. The molecule has 4 aliphatic rings. The summed E-state index contributed by atoms with van der Waals surface area (Å²) in [6.45, 7) is 12.4. The van der Waals surface area contributed by atoms with E-state index in [1.165, 1.54) is 22.8 Å². The molecule has 2 aromatic carbocycles. The Kier molecular flexibility index (Phi) is 14.8. The van der Waals surface area contributed by atoms with Gasteiger partial charge in [0.25, 0.3) is 0 Å². The minimum Gasteiger partial charge on any atom is -0.497 e. The molecular formula is C47H65N5O10S2. The number of sulfonamides is 1. The number of anilines is 2. The van der Waals surface area contributed by atoms with Crippen LogP contribution in [0, 0.1) is 17.3 Å². The second-order valence-electron chi connectivity index (χ2n) is 19.0. The van der Waals surface area contributed by atoms with Crippen LogP contribution in [-0.2, 0) is 43.5 Å². The van der Waals surface area contributed by atoms with E-state index in [4.69, 9.17) is 18.9 Å². The predicted octanol–water partition coefficient (Wildman–Crippen LogP) is 7.99. The number of hydrogen-bond donors (Lipinski definition) is 4. The minimum atomic E-state index is -3.87. The molecule has 4 heterocycles. The molecule has 3 saturated heterocycles. The molecule has 3 aliphatic heterocycles. The SMILES string of the molecule is COc1ccc(S(=O)(=O)N(CC[C@H](Cc2ccc(NC[C@@H]3CCCCN3C(=O)Nc3sc4c(c3C(=O)O)CC(C)(C)CC4)cc2)NC(=O)O[C@H]2CO[C@@]3(C)OCC[C@@H]23)CC(C)C)cc1. The van der Waals surface area contributed by atoms with Crippen molar-refractivity contribution in [3.63, 3.8) is 0 Å². The number of likely N-dealkylation sites (tertiary alicyclic amines) is 1. The summed E-state index contributed by atoms with van der Waals surface area (Å²) in [5, 5.41) is 20.2. The van der Waals surface area contributed by atoms with Crippen LogP contribution in [0.2, 0.25) is 0 Å². The number of urea groups is 1. The fourth-order valence-corrected chi connectivity index (χ4v) is 12.4. The van der Waals surface area contributed by atoms with Crippen molar-refractivity contribution in [3.8, 4) is 5.75 Å². The van der Waals surface area contributed by atoms with E-state index in [0.717, 1.165) is 60.2 Å². The number of nitrogens with zero attached hydrogens (tertiary/aromatic N) is 2. The molecule has 0 spiro atoms. The minimum absolute atomic E-state index is 0.00667. The van der Waals surface area contributed by atoms with Crippen LogP contribution in [0.25, 0.3) is 0 Å². The number of methoxy groups -OCH3 is 1. The van der Waals surface area contributed by atoms with E-state index in [0.29, 0.717) is 56.3 Å². The summed E-state index contributed by atoms with van der Waals surface area (Å²) in [6, 6.07) is 13.4. The second kappa shape index (κ2) is 20.0. The molecule has 0 unspecified atom stereocenters. The zero-order chi connectivity index (χ0) is 45.8. The van der Waals surface area contributed by atoms with E-state index in [-0.39, 0.29) is 52.9 Å². The Morgan fingerprint density at radius 2 is 1.78 bits per heavy atom. The average Bonchev–Trinajstić information content (AvgIpc) is 3.91. The molecule has 3 fully saturated rings. The number of carbonyl (C=O) groups is 3. The number of thiophene rings is 1. The number of hydrogen-bond acceptors (Lipinski definition) is 11. The van der Waals surface area contributed by atoms with Crippen molar-refractivity contribution in [2.45, 2.75) is 121 Å². The van der Waals surface area contributed by atoms with E-state index in [9.17, 15) is 27.9 Å². The molecule has 17 heteroatoms. The molecule has 4 N–H and O–H groups in total. The van der Waals surface area contributed by atoms with Crippen LogP contribution >= 0.6 is 11.3 Å². The number of carboxylic acids is 1. The Balaban J connectivity index is 1.01. The van der Waals surface area contributed by atoms with Crippen LogP contribution < -0.4 is 20.7 Å². The van der Waals surface area contributed by atoms with Crippen LogP contribution in [0.5, 0.6) is 5.75 Å². The van der Waals surface area contributed by atoms with E-state index in [1.54, 1.807) is 24.3 Å². The van der Waals surface area contributed by atoms with Gasteiger partial charge in [-0.05, 0) is 124 Å². The number of ether oxygens (including phenoxy) is 4. The maximum absolute atomic E-state index is 14.0. The summed E-state index contributed by atoms with van der Waals surface area (Å²) in [6.07, 6.45) is 5.51. The van der Waals surface area contributed by atoms with Gasteiger partial charge in [0.15, 0.2) is 5.79 Å². The zero-order valence-electron chi connectivity index (χ0n) is 37.9. The van der Waals surface area contributed by atoms with Crippen LogP contribution in [-0.4, -0.2) is 111 Å². The van der Waals surface area contributed by atoms with Gasteiger partial charge in [0.05, 0.1) is 42.7 Å². The topological polar surface area (TPSA) is 185 Å². The molecule has 15 nitrogen and oxygen atoms in total. The van der Waals surface area contributed by atoms with Crippen molar-refractivity contribution < 1.29 is 46.9 Å². The number of alkyl carbamates (subject to hydrolysis) is 1. The first kappa shape index (κ1) is 47.5. The Morgan fingerprint density at radius 3 is 2.48 bits per heavy atom. The third-order valence-corrected chi connectivity index (χ3v) is 16.2. The largest absolute Gasteiger partial charge is 0.497 e. The molecule has 1 aliphatic carbocycles. The molecule has 0 saturated carbocycles. The highest BCUT2D eigenvalue weighted by Gasteiger charge is 2.53. The lowest BCUT2D eigenvalue weighted by atomic mass is 9.76. The van der Waals surface area contributed by atoms with Crippen LogP contribution in [0.1, 0.15) is 99.5 Å². The summed E-state index contributed by atoms with van der Waals surface area (Å²) >= 11 is 1.39. The highest BCUT2D eigenvalue weighted by atomic mass is 32.2. The van der Waals surface area contributed by atoms with Gasteiger partial charge >= 0.3 is 18.1 Å². The molecular weight excluding hydrogens is 859 g/mol. The van der Waals surface area contributed by atoms with Crippen molar-refractivity contribution >= 4 is 50.1 Å². The Hall–Kier alpha value is -4.42. The van der Waals surface area contributed by atoms with Crippen molar-refractivity contribution in [2.75, 3.05) is 57.1 Å². The van der Waals surface area contributed by atoms with Gasteiger partial charge in [-0.1, -0.05) is 39.8 Å². The standard InChI is InChI=1S/C47H65N5O10S2/c1-30(2)28-51(64(57,58)36-16-14-35(59-6)15-17-36)23-19-33(49-45(56)62-39-29-61-47(5)38(39)20-24-60-47)25-31-10-12-32(13-11-31)48-27-34-9-7-8-22-52(34)44(55)50-42-41(43(53)54)37-26-46(3,4)21-18-40(37)63-42/h10-17,30,33-34,38-39,48H,7-9,18-29H2,1-6H3,(H,49,56)(H,50,55)(H,53,54)/t33-,34+,38+,39+,47-/m1/s1. The van der Waals surface area contributed by atoms with Crippen LogP contribution in [0.4, 0.5) is 20.3 Å². The summed E-state index contributed by atoms with van der Waals surface area (Å²) in [7, 11) is -2.34. The number of fused-ring (bicyclic) bond motifs is 2. The first-order chi connectivity index (χ1) is 30.4. The van der Waals surface area contributed by atoms with Gasteiger partial charge in [0.2, 0.25) is 10.0 Å². The number of nitrogens with one attached hydrogen (secondary N) is 3. The van der Waals surface area contributed by atoms with Gasteiger partial charge in [-0.25, -0.2) is 22.8 Å². The Bertz CT molecular complexity index is 2230. The molecule has 1 aromatic heterocycles. The van der Waals surface area contributed by atoms with Gasteiger partial charge in [-0.2, -0.15) is 4.31 Å². The lowest BCUT2D eigenvalue weighted by molar-refractivity contribution is -0.181. The molecule has 0 bridgehead atoms. The van der Waals surface area contributed by atoms with Gasteiger partial charge in [-0.3, -0.25) is 5.32 Å². The van der Waals surface area contributed by atoms with Crippen molar-refractivity contribution in [1.82, 2.24) is 14.5 Å². The first-order valence-corrected chi connectivity index (χ1v) is 24.9. The number of amides is 3. The molecule has 7 rings (SSSR count). The molecule has 64 heavy (non-hydrogen) atoms. The van der Waals surface area contributed by atoms with Crippen molar-refractivity contribution in [1.29, 1.82) is 0 Å². The van der Waals surface area contributed by atoms with E-state index >= 15 is 0 Å². The third-order valence-electron chi connectivity index (χ3n) is 13.1. The number of rotatable bonds is 17. The number of aryl methyl sites for hydroxylation is 1. The van der Waals surface area contributed by atoms with Gasteiger partial charge in [0.1, 0.15) is 16.9 Å². The predicted molar refractivity (Wildman–Crippen MR) is 246 cm³/mol. The number of aromatic carboxylic acids is 1. The molecule has 0 radical (unpaired) electrons. The second-order valence-corrected chi connectivity index (χ2v) is 22.0. The normalized spacial score (nSPS) is 23.3. The lowest BCUT2D eigenvalue weighted by Crippen LogP contribution is -2.48. The maximum Gasteiger partial charge on any atom is 0.407 e. The van der Waals surface area contributed by atoms with Crippen molar-refractivity contribution in [2.24, 2.45) is 17.3 Å². The maximum atomic E-state index is 14.0. The summed E-state index contributed by atoms with van der Waals surface area (Å²) < 4.78 is 52.3. The van der Waals surface area contributed by atoms with E-state index in [2.05, 4.69) is 29.8 Å². The van der Waals surface area contributed by atoms with Crippen molar-refractivity contribution in [3.05, 3.63) is 70.1 Å². The first-order valence-electron chi connectivity index (χ1n) is 22.6. The Labute approximate surface area is 381 Å². The molecule has 5 atom stereocenters. The van der Waals surface area contributed by atoms with Gasteiger partial charge in [0, 0.05) is 42.8 Å². The molecule has 3 aromatic rings. The monoisotopic (exact) mass is 923 g/mol. The smallest absolute Gasteiger partial charge is 0.407 e. The number of benzene rings is 2. The van der Waals surface area contributed by atoms with Gasteiger partial charge in [-0.15, -0.1) is 11.3 Å². The molecule has 350 valence electrons. The Morgan fingerprint density at radius 1 is 1.03 bits per heavy atom. The van der Waals surface area contributed by atoms with Crippen LogP contribution in [0.15, 0.2) is 53.4 Å². The fraction of sp³-hybridized carbons (Fsp3) is 0.596. The summed E-state index contributed by atoms with van der Waals surface area (Å²) in [5.74, 6) is -1.25. The highest BCUT2D eigenvalue weighted by Crippen LogP contribution is 2.44. The summed E-state index contributed by atoms with van der Waals surface area (Å²) in [5.41, 5.74) is 2.87. The lowest BCUT2D eigenvalue weighted by Gasteiger charge is -2.36.